The molecular formula is C19H29N3O2. The Morgan fingerprint density at radius 2 is 2.12 bits per heavy atom. The fourth-order valence-corrected chi connectivity index (χ4v) is 3.87. The number of amides is 1. The molecule has 1 aromatic carbocycles. The summed E-state index contributed by atoms with van der Waals surface area (Å²) in [6.45, 7) is 3.85. The van der Waals surface area contributed by atoms with Crippen molar-refractivity contribution >= 4 is 5.91 Å². The van der Waals surface area contributed by atoms with Crippen LogP contribution in [-0.2, 0) is 4.79 Å². The molecule has 132 valence electrons. The lowest BCUT2D eigenvalue weighted by Crippen LogP contribution is -2.39. The molecular weight excluding hydrogens is 302 g/mol. The molecule has 2 saturated heterocycles. The summed E-state index contributed by atoms with van der Waals surface area (Å²) >= 11 is 0. The molecule has 2 aliphatic rings. The van der Waals surface area contributed by atoms with Gasteiger partial charge in [-0.3, -0.25) is 9.69 Å². The molecule has 0 radical (unpaired) electrons. The van der Waals surface area contributed by atoms with Crippen molar-refractivity contribution in [3.8, 4) is 5.75 Å². The van der Waals surface area contributed by atoms with Crippen molar-refractivity contribution in [2.24, 2.45) is 0 Å². The van der Waals surface area contributed by atoms with Crippen molar-refractivity contribution in [3.63, 3.8) is 0 Å². The van der Waals surface area contributed by atoms with Gasteiger partial charge in [-0.1, -0.05) is 18.2 Å². The van der Waals surface area contributed by atoms with Crippen LogP contribution in [0.25, 0.3) is 0 Å². The molecule has 0 saturated carbocycles. The van der Waals surface area contributed by atoms with Crippen LogP contribution in [-0.4, -0.2) is 50.1 Å². The van der Waals surface area contributed by atoms with Crippen LogP contribution < -0.4 is 15.4 Å². The standard InChI is InChI=1S/C19H29N3O2/c1-24-18-9-3-2-8-16(18)17(22-11-4-5-12-22)14-21-19(23)13-15-7-6-10-20-15/h2-3,8-9,15,17,20H,4-7,10-14H2,1H3,(H,21,23). The number of hydrogen-bond donors (Lipinski definition) is 2. The van der Waals surface area contributed by atoms with Gasteiger partial charge >= 0.3 is 0 Å². The summed E-state index contributed by atoms with van der Waals surface area (Å²) < 4.78 is 5.55. The molecule has 2 aliphatic heterocycles. The van der Waals surface area contributed by atoms with Gasteiger partial charge in [0.25, 0.3) is 0 Å². The summed E-state index contributed by atoms with van der Waals surface area (Å²) in [6.07, 6.45) is 5.32. The molecule has 2 N–H and O–H groups in total. The molecule has 0 aromatic heterocycles. The Labute approximate surface area is 144 Å². The van der Waals surface area contributed by atoms with Crippen LogP contribution in [0.15, 0.2) is 24.3 Å². The number of nitrogens with zero attached hydrogens (tertiary/aromatic N) is 1. The first kappa shape index (κ1) is 17.2. The Morgan fingerprint density at radius 3 is 2.83 bits per heavy atom. The highest BCUT2D eigenvalue weighted by Gasteiger charge is 2.26. The number of rotatable bonds is 7. The van der Waals surface area contributed by atoms with E-state index >= 15 is 0 Å². The largest absolute Gasteiger partial charge is 0.496 e. The molecule has 2 fully saturated rings. The average molecular weight is 331 g/mol. The third kappa shape index (κ3) is 4.28. The number of likely N-dealkylation sites (tertiary alicyclic amines) is 1. The lowest BCUT2D eigenvalue weighted by molar-refractivity contribution is -0.121. The van der Waals surface area contributed by atoms with E-state index in [2.05, 4.69) is 21.6 Å². The zero-order valence-corrected chi connectivity index (χ0v) is 14.6. The van der Waals surface area contributed by atoms with Gasteiger partial charge in [-0.15, -0.1) is 0 Å². The first-order chi connectivity index (χ1) is 11.8. The molecule has 24 heavy (non-hydrogen) atoms. The van der Waals surface area contributed by atoms with E-state index in [1.807, 2.05) is 18.2 Å². The first-order valence-electron chi connectivity index (χ1n) is 9.15. The van der Waals surface area contributed by atoms with Crippen LogP contribution in [0.2, 0.25) is 0 Å². The average Bonchev–Trinajstić information content (AvgIpc) is 3.29. The summed E-state index contributed by atoms with van der Waals surface area (Å²) in [7, 11) is 1.71. The summed E-state index contributed by atoms with van der Waals surface area (Å²) in [5, 5.41) is 6.55. The smallest absolute Gasteiger partial charge is 0.221 e. The van der Waals surface area contributed by atoms with Gasteiger partial charge in [-0.25, -0.2) is 0 Å². The topological polar surface area (TPSA) is 53.6 Å². The number of nitrogens with one attached hydrogen (secondary N) is 2. The van der Waals surface area contributed by atoms with E-state index in [-0.39, 0.29) is 11.9 Å². The fraction of sp³-hybridized carbons (Fsp3) is 0.632. The SMILES string of the molecule is COc1ccccc1C(CNC(=O)CC1CCCN1)N1CCCC1. The molecule has 5 nitrogen and oxygen atoms in total. The predicted octanol–water partition coefficient (Wildman–Crippen LogP) is 2.09. The third-order valence-corrected chi connectivity index (χ3v) is 5.17. The second-order valence-electron chi connectivity index (χ2n) is 6.80. The highest BCUT2D eigenvalue weighted by molar-refractivity contribution is 5.76. The Hall–Kier alpha value is -1.59. The van der Waals surface area contributed by atoms with Gasteiger partial charge in [0, 0.05) is 24.6 Å². The monoisotopic (exact) mass is 331 g/mol. The summed E-state index contributed by atoms with van der Waals surface area (Å²) in [6, 6.07) is 8.69. The van der Waals surface area contributed by atoms with Gasteiger partial charge < -0.3 is 15.4 Å². The Kier molecular flexibility index (Phi) is 6.10. The van der Waals surface area contributed by atoms with Gasteiger partial charge in [-0.05, 0) is 51.4 Å². The Morgan fingerprint density at radius 1 is 1.33 bits per heavy atom. The highest BCUT2D eigenvalue weighted by Crippen LogP contribution is 2.31. The normalized spacial score (nSPS) is 22.5. The number of para-hydroxylation sites is 1. The number of carbonyl (C=O) groups is 1. The first-order valence-corrected chi connectivity index (χ1v) is 9.15. The summed E-state index contributed by atoms with van der Waals surface area (Å²) in [4.78, 5) is 14.8. The number of methoxy groups -OCH3 is 1. The minimum Gasteiger partial charge on any atom is -0.496 e. The minimum absolute atomic E-state index is 0.147. The quantitative estimate of drug-likeness (QED) is 0.803. The van der Waals surface area contributed by atoms with Crippen LogP contribution in [0.4, 0.5) is 0 Å². The second kappa shape index (κ2) is 8.49. The van der Waals surface area contributed by atoms with E-state index < -0.39 is 0 Å². The number of carbonyl (C=O) groups excluding carboxylic acids is 1. The van der Waals surface area contributed by atoms with Crippen LogP contribution in [0.1, 0.15) is 43.7 Å². The van der Waals surface area contributed by atoms with Gasteiger partial charge in [0.05, 0.1) is 13.2 Å². The Balaban J connectivity index is 1.65. The minimum atomic E-state index is 0.147. The van der Waals surface area contributed by atoms with E-state index in [9.17, 15) is 4.79 Å². The van der Waals surface area contributed by atoms with Crippen molar-refractivity contribution in [1.29, 1.82) is 0 Å². The van der Waals surface area contributed by atoms with E-state index in [1.54, 1.807) is 7.11 Å². The maximum absolute atomic E-state index is 12.3. The van der Waals surface area contributed by atoms with Crippen molar-refractivity contribution in [2.75, 3.05) is 33.3 Å². The van der Waals surface area contributed by atoms with Gasteiger partial charge in [-0.2, -0.15) is 0 Å². The molecule has 2 unspecified atom stereocenters. The zero-order valence-electron chi connectivity index (χ0n) is 14.6. The predicted molar refractivity (Wildman–Crippen MR) is 95.2 cm³/mol. The van der Waals surface area contributed by atoms with Crippen LogP contribution >= 0.6 is 0 Å². The van der Waals surface area contributed by atoms with E-state index in [0.29, 0.717) is 19.0 Å². The van der Waals surface area contributed by atoms with Crippen molar-refractivity contribution < 1.29 is 9.53 Å². The van der Waals surface area contributed by atoms with Crippen molar-refractivity contribution in [1.82, 2.24) is 15.5 Å². The second-order valence-corrected chi connectivity index (χ2v) is 6.80. The Bertz CT molecular complexity index is 537. The zero-order chi connectivity index (χ0) is 16.8. The molecule has 0 spiro atoms. The van der Waals surface area contributed by atoms with Gasteiger partial charge in [0.15, 0.2) is 0 Å². The summed E-state index contributed by atoms with van der Waals surface area (Å²) in [5.41, 5.74) is 1.17. The molecule has 0 bridgehead atoms. The van der Waals surface area contributed by atoms with Crippen LogP contribution in [0.5, 0.6) is 5.75 Å². The van der Waals surface area contributed by atoms with Gasteiger partial charge in [0.2, 0.25) is 5.91 Å². The lowest BCUT2D eigenvalue weighted by Gasteiger charge is -2.29. The maximum atomic E-state index is 12.3. The molecule has 5 heteroatoms. The van der Waals surface area contributed by atoms with Gasteiger partial charge in [0.1, 0.15) is 5.75 Å². The number of benzene rings is 1. The molecule has 1 aromatic rings. The molecule has 1 amide bonds. The summed E-state index contributed by atoms with van der Waals surface area (Å²) in [5.74, 6) is 1.05. The van der Waals surface area contributed by atoms with E-state index in [1.165, 1.54) is 24.8 Å². The molecule has 2 heterocycles. The van der Waals surface area contributed by atoms with Crippen molar-refractivity contribution in [2.45, 2.75) is 44.2 Å². The molecule has 3 rings (SSSR count). The maximum Gasteiger partial charge on any atom is 0.221 e. The molecule has 0 aliphatic carbocycles. The third-order valence-electron chi connectivity index (χ3n) is 5.17. The van der Waals surface area contributed by atoms with Crippen LogP contribution in [0, 0.1) is 0 Å². The molecule has 2 atom stereocenters. The van der Waals surface area contributed by atoms with E-state index in [0.717, 1.165) is 31.8 Å². The highest BCUT2D eigenvalue weighted by atomic mass is 16.5. The number of ether oxygens (including phenoxy) is 1. The number of hydrogen-bond acceptors (Lipinski definition) is 4. The fourth-order valence-electron chi connectivity index (χ4n) is 3.87. The van der Waals surface area contributed by atoms with Crippen LogP contribution in [0.3, 0.4) is 0 Å². The lowest BCUT2D eigenvalue weighted by atomic mass is 10.0. The van der Waals surface area contributed by atoms with Crippen molar-refractivity contribution in [3.05, 3.63) is 29.8 Å². The van der Waals surface area contributed by atoms with E-state index in [4.69, 9.17) is 4.74 Å².